The lowest BCUT2D eigenvalue weighted by Crippen LogP contribution is -1.93. The van der Waals surface area contributed by atoms with Crippen LogP contribution >= 0.6 is 11.6 Å². The highest BCUT2D eigenvalue weighted by molar-refractivity contribution is 6.31. The number of tetrazole rings is 1. The van der Waals surface area contributed by atoms with Crippen LogP contribution in [0, 0.1) is 11.3 Å². The number of oxazole rings is 1. The minimum Gasteiger partial charge on any atom is -0.436 e. The van der Waals surface area contributed by atoms with E-state index in [4.69, 9.17) is 21.3 Å². The van der Waals surface area contributed by atoms with Crippen LogP contribution in [0.3, 0.4) is 0 Å². The van der Waals surface area contributed by atoms with Gasteiger partial charge in [-0.15, -0.1) is 10.2 Å². The molecule has 2 aromatic heterocycles. The Morgan fingerprint density at radius 1 is 1.23 bits per heavy atom. The lowest BCUT2D eigenvalue weighted by molar-refractivity contribution is 0.620. The van der Waals surface area contributed by atoms with Crippen molar-refractivity contribution in [3.05, 3.63) is 59.5 Å². The number of allylic oxidation sites excluding steroid dienone is 1. The van der Waals surface area contributed by atoms with E-state index >= 15 is 0 Å². The standard InChI is InChI=1S/C17H10ClN7O/c18-12-3-6-15-14(7-12)21-17(26-15)10-1-4-13(5-2-10)20-9-11(8-19)16-22-24-25-23-16/h1-7,9,20H,(H,22,23,24,25). The Balaban J connectivity index is 1.55. The SMILES string of the molecule is N#CC(=CNc1ccc(-c2nc3cc(Cl)ccc3o2)cc1)c1nn[nH]n1. The number of aromatic nitrogens is 5. The Hall–Kier alpha value is -3.70. The maximum Gasteiger partial charge on any atom is 0.227 e. The zero-order valence-corrected chi connectivity index (χ0v) is 13.9. The summed E-state index contributed by atoms with van der Waals surface area (Å²) in [6.07, 6.45) is 1.52. The third-order valence-corrected chi connectivity index (χ3v) is 3.81. The van der Waals surface area contributed by atoms with Gasteiger partial charge < -0.3 is 9.73 Å². The molecule has 0 bridgehead atoms. The Bertz CT molecular complexity index is 1120. The van der Waals surface area contributed by atoms with Gasteiger partial charge in [-0.2, -0.15) is 10.5 Å². The smallest absolute Gasteiger partial charge is 0.227 e. The Labute approximate surface area is 152 Å². The average molecular weight is 364 g/mol. The molecule has 26 heavy (non-hydrogen) atoms. The lowest BCUT2D eigenvalue weighted by atomic mass is 10.2. The second kappa shape index (κ2) is 6.66. The minimum atomic E-state index is 0.224. The van der Waals surface area contributed by atoms with Crippen molar-refractivity contribution >= 4 is 34.0 Å². The molecule has 0 atom stereocenters. The highest BCUT2D eigenvalue weighted by atomic mass is 35.5. The monoisotopic (exact) mass is 363 g/mol. The van der Waals surface area contributed by atoms with E-state index in [0.717, 1.165) is 11.3 Å². The zero-order valence-electron chi connectivity index (χ0n) is 13.1. The molecule has 2 N–H and O–H groups in total. The molecule has 4 rings (SSSR count). The summed E-state index contributed by atoms with van der Waals surface area (Å²) in [6.45, 7) is 0. The van der Waals surface area contributed by atoms with E-state index in [9.17, 15) is 0 Å². The van der Waals surface area contributed by atoms with Gasteiger partial charge in [-0.3, -0.25) is 0 Å². The summed E-state index contributed by atoms with van der Waals surface area (Å²) >= 11 is 5.97. The van der Waals surface area contributed by atoms with Crippen molar-refractivity contribution in [2.24, 2.45) is 0 Å². The maximum absolute atomic E-state index is 9.15. The van der Waals surface area contributed by atoms with Crippen molar-refractivity contribution in [3.63, 3.8) is 0 Å². The molecule has 9 heteroatoms. The molecule has 0 spiro atoms. The number of H-pyrrole nitrogens is 1. The molecule has 126 valence electrons. The van der Waals surface area contributed by atoms with Crippen LogP contribution < -0.4 is 5.32 Å². The van der Waals surface area contributed by atoms with Gasteiger partial charge in [-0.25, -0.2) is 4.98 Å². The van der Waals surface area contributed by atoms with E-state index in [1.54, 1.807) is 18.2 Å². The van der Waals surface area contributed by atoms with Crippen molar-refractivity contribution in [1.82, 2.24) is 25.6 Å². The van der Waals surface area contributed by atoms with Crippen LogP contribution in [0.4, 0.5) is 5.69 Å². The van der Waals surface area contributed by atoms with E-state index in [0.29, 0.717) is 22.0 Å². The van der Waals surface area contributed by atoms with Crippen LogP contribution in [0.1, 0.15) is 5.82 Å². The summed E-state index contributed by atoms with van der Waals surface area (Å²) in [5.74, 6) is 0.732. The van der Waals surface area contributed by atoms with Gasteiger partial charge in [-0.05, 0) is 47.7 Å². The van der Waals surface area contributed by atoms with Crippen LogP contribution in [0.2, 0.25) is 5.02 Å². The summed E-state index contributed by atoms with van der Waals surface area (Å²) in [7, 11) is 0. The van der Waals surface area contributed by atoms with Gasteiger partial charge in [-0.1, -0.05) is 11.6 Å². The molecule has 8 nitrogen and oxygen atoms in total. The predicted octanol–water partition coefficient (Wildman–Crippen LogP) is 3.64. The predicted molar refractivity (Wildman–Crippen MR) is 95.8 cm³/mol. The Morgan fingerprint density at radius 2 is 2.08 bits per heavy atom. The number of nitrogens with one attached hydrogen (secondary N) is 2. The van der Waals surface area contributed by atoms with E-state index < -0.39 is 0 Å². The number of aromatic amines is 1. The molecule has 0 saturated heterocycles. The summed E-state index contributed by atoms with van der Waals surface area (Å²) in [6, 6.07) is 14.7. The topological polar surface area (TPSA) is 116 Å². The Kier molecular flexibility index (Phi) is 4.05. The van der Waals surface area contributed by atoms with Gasteiger partial charge >= 0.3 is 0 Å². The van der Waals surface area contributed by atoms with E-state index in [1.807, 2.05) is 30.3 Å². The van der Waals surface area contributed by atoms with Crippen LogP contribution in [-0.4, -0.2) is 25.6 Å². The highest BCUT2D eigenvalue weighted by Crippen LogP contribution is 2.27. The number of halogens is 1. The van der Waals surface area contributed by atoms with Gasteiger partial charge in [0.2, 0.25) is 11.7 Å². The van der Waals surface area contributed by atoms with Crippen molar-refractivity contribution < 1.29 is 4.42 Å². The van der Waals surface area contributed by atoms with Crippen molar-refractivity contribution in [3.8, 4) is 17.5 Å². The first-order valence-corrected chi connectivity index (χ1v) is 7.88. The summed E-state index contributed by atoms with van der Waals surface area (Å²) < 4.78 is 5.74. The van der Waals surface area contributed by atoms with E-state index in [1.165, 1.54) is 6.20 Å². The average Bonchev–Trinajstić information content (AvgIpc) is 3.32. The van der Waals surface area contributed by atoms with Crippen molar-refractivity contribution in [1.29, 1.82) is 5.26 Å². The molecule has 0 radical (unpaired) electrons. The second-order valence-electron chi connectivity index (χ2n) is 5.26. The number of fused-ring (bicyclic) bond motifs is 1. The number of hydrogen-bond donors (Lipinski definition) is 2. The molecule has 0 saturated carbocycles. The minimum absolute atomic E-state index is 0.224. The van der Waals surface area contributed by atoms with Crippen molar-refractivity contribution in [2.75, 3.05) is 5.32 Å². The molecule has 0 aliphatic heterocycles. The molecular formula is C17H10ClN7O. The Morgan fingerprint density at radius 3 is 2.81 bits per heavy atom. The van der Waals surface area contributed by atoms with Crippen LogP contribution in [0.15, 0.2) is 53.1 Å². The number of hydrogen-bond acceptors (Lipinski definition) is 7. The number of nitriles is 1. The molecule has 0 aliphatic rings. The fraction of sp³-hybridized carbons (Fsp3) is 0. The number of anilines is 1. The zero-order chi connectivity index (χ0) is 17.9. The van der Waals surface area contributed by atoms with Gasteiger partial charge in [0.15, 0.2) is 5.58 Å². The van der Waals surface area contributed by atoms with Crippen molar-refractivity contribution in [2.45, 2.75) is 0 Å². The quantitative estimate of drug-likeness (QED) is 0.531. The van der Waals surface area contributed by atoms with Gasteiger partial charge in [0.25, 0.3) is 0 Å². The largest absolute Gasteiger partial charge is 0.436 e. The summed E-state index contributed by atoms with van der Waals surface area (Å²) in [4.78, 5) is 4.44. The third kappa shape index (κ3) is 3.11. The first-order chi connectivity index (χ1) is 12.7. The molecule has 0 fully saturated rings. The lowest BCUT2D eigenvalue weighted by Gasteiger charge is -2.02. The molecule has 0 aliphatic carbocycles. The van der Waals surface area contributed by atoms with E-state index in [2.05, 4.69) is 30.9 Å². The van der Waals surface area contributed by atoms with Gasteiger partial charge in [0.05, 0.1) is 0 Å². The molecule has 2 aromatic carbocycles. The third-order valence-electron chi connectivity index (χ3n) is 3.57. The number of rotatable bonds is 4. The molecule has 0 unspecified atom stereocenters. The summed E-state index contributed by atoms with van der Waals surface area (Å²) in [5, 5.41) is 26.1. The first kappa shape index (κ1) is 15.8. The van der Waals surface area contributed by atoms with Crippen LogP contribution in [0.5, 0.6) is 0 Å². The van der Waals surface area contributed by atoms with Gasteiger partial charge in [0.1, 0.15) is 17.2 Å². The number of benzene rings is 2. The van der Waals surface area contributed by atoms with Gasteiger partial charge in [0, 0.05) is 22.5 Å². The van der Waals surface area contributed by atoms with Crippen LogP contribution in [-0.2, 0) is 0 Å². The molecular weight excluding hydrogens is 354 g/mol. The highest BCUT2D eigenvalue weighted by Gasteiger charge is 2.09. The second-order valence-corrected chi connectivity index (χ2v) is 5.69. The molecule has 2 heterocycles. The maximum atomic E-state index is 9.15. The normalized spacial score (nSPS) is 11.5. The first-order valence-electron chi connectivity index (χ1n) is 7.50. The summed E-state index contributed by atoms with van der Waals surface area (Å²) in [5.41, 5.74) is 3.25. The molecule has 4 aromatic rings. The molecule has 0 amide bonds. The van der Waals surface area contributed by atoms with Crippen LogP contribution in [0.25, 0.3) is 28.1 Å². The van der Waals surface area contributed by atoms with E-state index in [-0.39, 0.29) is 11.4 Å². The fourth-order valence-corrected chi connectivity index (χ4v) is 2.48. The fourth-order valence-electron chi connectivity index (χ4n) is 2.31. The number of nitrogens with zero attached hydrogens (tertiary/aromatic N) is 5.